The largest absolute Gasteiger partial charge is 0.416 e. The standard InChI is InChI=1S/C18H33NOSi/c1-9-18-16(8)19-12-17(18)10-11-20-21(13(2)3,14(4)5)15(6)7/h9,12-15,19H,1,10-11H2,2-8H3. The van der Waals surface area contributed by atoms with E-state index in [9.17, 15) is 0 Å². The zero-order valence-corrected chi connectivity index (χ0v) is 15.9. The number of nitrogens with one attached hydrogen (secondary N) is 1. The van der Waals surface area contributed by atoms with E-state index in [0.29, 0.717) is 16.6 Å². The molecule has 0 fully saturated rings. The van der Waals surface area contributed by atoms with Crippen LogP contribution in [-0.4, -0.2) is 19.9 Å². The van der Waals surface area contributed by atoms with E-state index < -0.39 is 8.32 Å². The maximum atomic E-state index is 6.62. The molecule has 1 aromatic rings. The maximum Gasteiger partial charge on any atom is 0.200 e. The molecule has 0 aromatic carbocycles. The molecule has 21 heavy (non-hydrogen) atoms. The molecule has 0 saturated carbocycles. The van der Waals surface area contributed by atoms with Gasteiger partial charge in [-0.1, -0.05) is 54.2 Å². The lowest BCUT2D eigenvalue weighted by Gasteiger charge is -2.42. The Balaban J connectivity index is 2.81. The summed E-state index contributed by atoms with van der Waals surface area (Å²) in [6.45, 7) is 20.8. The summed E-state index contributed by atoms with van der Waals surface area (Å²) >= 11 is 0. The first-order chi connectivity index (χ1) is 9.77. The van der Waals surface area contributed by atoms with Crippen LogP contribution >= 0.6 is 0 Å². The molecule has 1 rings (SSSR count). The van der Waals surface area contributed by atoms with Crippen LogP contribution < -0.4 is 0 Å². The normalized spacial score (nSPS) is 12.7. The minimum Gasteiger partial charge on any atom is -0.416 e. The van der Waals surface area contributed by atoms with Gasteiger partial charge in [0.15, 0.2) is 8.32 Å². The van der Waals surface area contributed by atoms with Gasteiger partial charge in [-0.05, 0) is 41.1 Å². The van der Waals surface area contributed by atoms with Crippen molar-refractivity contribution in [1.82, 2.24) is 4.98 Å². The lowest BCUT2D eigenvalue weighted by atomic mass is 10.1. The van der Waals surface area contributed by atoms with E-state index in [1.165, 1.54) is 16.8 Å². The molecular formula is C18H33NOSi. The van der Waals surface area contributed by atoms with Gasteiger partial charge in [0.25, 0.3) is 0 Å². The van der Waals surface area contributed by atoms with E-state index in [2.05, 4.69) is 66.2 Å². The maximum absolute atomic E-state index is 6.62. The summed E-state index contributed by atoms with van der Waals surface area (Å²) in [6.07, 6.45) is 5.00. The Labute approximate surface area is 132 Å². The first-order valence-electron chi connectivity index (χ1n) is 8.20. The third-order valence-corrected chi connectivity index (χ3v) is 11.0. The van der Waals surface area contributed by atoms with Crippen LogP contribution in [0.1, 0.15) is 58.4 Å². The molecule has 1 N–H and O–H groups in total. The first kappa shape index (κ1) is 18.2. The summed E-state index contributed by atoms with van der Waals surface area (Å²) in [6, 6.07) is 0. The second kappa shape index (κ2) is 7.46. The lowest BCUT2D eigenvalue weighted by molar-refractivity contribution is 0.281. The minimum absolute atomic E-state index is 0.643. The van der Waals surface area contributed by atoms with E-state index in [-0.39, 0.29) is 0 Å². The number of hydrogen-bond acceptors (Lipinski definition) is 1. The highest BCUT2D eigenvalue weighted by Gasteiger charge is 2.44. The molecule has 1 aromatic heterocycles. The molecule has 120 valence electrons. The fourth-order valence-corrected chi connectivity index (χ4v) is 9.38. The highest BCUT2D eigenvalue weighted by atomic mass is 28.4. The summed E-state index contributed by atoms with van der Waals surface area (Å²) in [5.41, 5.74) is 5.68. The van der Waals surface area contributed by atoms with Crippen LogP contribution in [0.5, 0.6) is 0 Å². The molecular weight excluding hydrogens is 274 g/mol. The van der Waals surface area contributed by atoms with Gasteiger partial charge in [0, 0.05) is 18.5 Å². The van der Waals surface area contributed by atoms with Gasteiger partial charge >= 0.3 is 0 Å². The molecule has 2 nitrogen and oxygen atoms in total. The summed E-state index contributed by atoms with van der Waals surface area (Å²) in [4.78, 5) is 3.29. The highest BCUT2D eigenvalue weighted by Crippen LogP contribution is 2.42. The molecule has 0 bridgehead atoms. The van der Waals surface area contributed by atoms with Gasteiger partial charge in [-0.25, -0.2) is 0 Å². The number of hydrogen-bond donors (Lipinski definition) is 1. The average molecular weight is 308 g/mol. The van der Waals surface area contributed by atoms with Crippen molar-refractivity contribution < 1.29 is 4.43 Å². The molecule has 3 heteroatoms. The van der Waals surface area contributed by atoms with Crippen molar-refractivity contribution in [3.63, 3.8) is 0 Å². The summed E-state index contributed by atoms with van der Waals surface area (Å²) in [5, 5.41) is 0. The van der Waals surface area contributed by atoms with Gasteiger partial charge < -0.3 is 9.41 Å². The van der Waals surface area contributed by atoms with Crippen molar-refractivity contribution in [3.05, 3.63) is 29.6 Å². The Morgan fingerprint density at radius 2 is 1.67 bits per heavy atom. The molecule has 0 amide bonds. The molecule has 0 spiro atoms. The zero-order valence-electron chi connectivity index (χ0n) is 14.9. The van der Waals surface area contributed by atoms with Crippen molar-refractivity contribution in [2.75, 3.05) is 6.61 Å². The minimum atomic E-state index is -1.74. The second-order valence-corrected chi connectivity index (χ2v) is 12.4. The van der Waals surface area contributed by atoms with Crippen molar-refractivity contribution in [1.29, 1.82) is 0 Å². The van der Waals surface area contributed by atoms with Crippen LogP contribution in [-0.2, 0) is 10.8 Å². The molecule has 0 saturated heterocycles. The average Bonchev–Trinajstić information content (AvgIpc) is 2.73. The summed E-state index contributed by atoms with van der Waals surface area (Å²) in [5.74, 6) is 0. The van der Waals surface area contributed by atoms with Crippen LogP contribution in [0, 0.1) is 6.92 Å². The Bertz CT molecular complexity index is 438. The molecule has 0 aliphatic carbocycles. The Hall–Kier alpha value is -0.803. The van der Waals surface area contributed by atoms with Crippen molar-refractivity contribution >= 4 is 14.4 Å². The van der Waals surface area contributed by atoms with Gasteiger partial charge in [0.1, 0.15) is 0 Å². The van der Waals surface area contributed by atoms with E-state index >= 15 is 0 Å². The number of H-pyrrole nitrogens is 1. The molecule has 0 radical (unpaired) electrons. The topological polar surface area (TPSA) is 25.0 Å². The summed E-state index contributed by atoms with van der Waals surface area (Å²) < 4.78 is 6.62. The highest BCUT2D eigenvalue weighted by molar-refractivity contribution is 6.77. The molecule has 0 atom stereocenters. The smallest absolute Gasteiger partial charge is 0.200 e. The van der Waals surface area contributed by atoms with E-state index in [1.54, 1.807) is 0 Å². The number of aromatic nitrogens is 1. The molecule has 0 aliphatic heterocycles. The Kier molecular flexibility index (Phi) is 6.48. The van der Waals surface area contributed by atoms with Crippen LogP contribution in [0.2, 0.25) is 16.6 Å². The third-order valence-electron chi connectivity index (χ3n) is 4.85. The fourth-order valence-electron chi connectivity index (χ4n) is 3.92. The van der Waals surface area contributed by atoms with E-state index in [1.807, 2.05) is 6.08 Å². The monoisotopic (exact) mass is 307 g/mol. The van der Waals surface area contributed by atoms with Crippen LogP contribution in [0.25, 0.3) is 6.08 Å². The summed E-state index contributed by atoms with van der Waals surface area (Å²) in [7, 11) is -1.74. The number of aromatic amines is 1. The third kappa shape index (κ3) is 3.70. The quantitative estimate of drug-likeness (QED) is 0.612. The van der Waals surface area contributed by atoms with Gasteiger partial charge in [-0.3, -0.25) is 0 Å². The predicted molar refractivity (Wildman–Crippen MR) is 96.3 cm³/mol. The van der Waals surface area contributed by atoms with Crippen molar-refractivity contribution in [2.45, 2.75) is 71.5 Å². The lowest BCUT2D eigenvalue weighted by Crippen LogP contribution is -2.48. The van der Waals surface area contributed by atoms with Gasteiger partial charge in [0.2, 0.25) is 0 Å². The van der Waals surface area contributed by atoms with E-state index in [4.69, 9.17) is 4.43 Å². The van der Waals surface area contributed by atoms with Gasteiger partial charge in [-0.15, -0.1) is 0 Å². The van der Waals surface area contributed by atoms with Crippen LogP contribution in [0.4, 0.5) is 0 Å². The van der Waals surface area contributed by atoms with Gasteiger partial charge in [-0.2, -0.15) is 0 Å². The fraction of sp³-hybridized carbons (Fsp3) is 0.667. The molecule has 0 aliphatic rings. The SMILES string of the molecule is C=Cc1c(CCO[Si](C(C)C)(C(C)C)C(C)C)c[nH]c1C. The van der Waals surface area contributed by atoms with Crippen LogP contribution in [0.3, 0.4) is 0 Å². The zero-order chi connectivity index (χ0) is 16.2. The molecule has 1 heterocycles. The number of aryl methyl sites for hydroxylation is 1. The first-order valence-corrected chi connectivity index (χ1v) is 10.3. The second-order valence-electron chi connectivity index (χ2n) is 6.97. The van der Waals surface area contributed by atoms with Gasteiger partial charge in [0.05, 0.1) is 0 Å². The van der Waals surface area contributed by atoms with Crippen LogP contribution in [0.15, 0.2) is 12.8 Å². The molecule has 0 unspecified atom stereocenters. The van der Waals surface area contributed by atoms with Crippen molar-refractivity contribution in [2.24, 2.45) is 0 Å². The number of rotatable bonds is 8. The Morgan fingerprint density at radius 1 is 1.14 bits per heavy atom. The van der Waals surface area contributed by atoms with Crippen molar-refractivity contribution in [3.8, 4) is 0 Å². The Morgan fingerprint density at radius 3 is 2.10 bits per heavy atom. The van der Waals surface area contributed by atoms with E-state index in [0.717, 1.165) is 13.0 Å². The predicted octanol–water partition coefficient (Wildman–Crippen LogP) is 5.70.